The third-order valence-electron chi connectivity index (χ3n) is 7.99. The van der Waals surface area contributed by atoms with Crippen molar-refractivity contribution in [3.63, 3.8) is 0 Å². The molecule has 0 radical (unpaired) electrons. The van der Waals surface area contributed by atoms with Crippen molar-refractivity contribution >= 4 is 11.8 Å². The molecule has 0 bridgehead atoms. The maximum Gasteiger partial charge on any atom is 0.253 e. The van der Waals surface area contributed by atoms with Gasteiger partial charge < -0.3 is 15.1 Å². The molecule has 0 unspecified atom stereocenters. The summed E-state index contributed by atoms with van der Waals surface area (Å²) in [5.74, 6) is 0.754. The molecule has 1 saturated carbocycles. The SMILES string of the molecule is C[C@@H]1CCCCN1CCCNC(=O)[C@H](C1CCCC1)N1CCN(C(=O)c2ccccc2)CC1. The Bertz CT molecular complexity index is 757. The molecule has 0 spiro atoms. The molecule has 33 heavy (non-hydrogen) atoms. The van der Waals surface area contributed by atoms with Crippen LogP contribution in [-0.2, 0) is 4.79 Å². The molecule has 4 rings (SSSR count). The number of nitrogens with zero attached hydrogens (tertiary/aromatic N) is 3. The summed E-state index contributed by atoms with van der Waals surface area (Å²) in [6.07, 6.45) is 9.73. The second-order valence-corrected chi connectivity index (χ2v) is 10.2. The maximum absolute atomic E-state index is 13.3. The van der Waals surface area contributed by atoms with Crippen LogP contribution < -0.4 is 5.32 Å². The number of rotatable bonds is 8. The molecular formula is C27H42N4O2. The van der Waals surface area contributed by atoms with Gasteiger partial charge in [0.05, 0.1) is 6.04 Å². The van der Waals surface area contributed by atoms with Crippen molar-refractivity contribution in [1.82, 2.24) is 20.0 Å². The van der Waals surface area contributed by atoms with E-state index in [4.69, 9.17) is 0 Å². The fraction of sp³-hybridized carbons (Fsp3) is 0.704. The Morgan fingerprint density at radius 1 is 0.939 bits per heavy atom. The van der Waals surface area contributed by atoms with Gasteiger partial charge in [0.15, 0.2) is 0 Å². The molecule has 1 aromatic rings. The van der Waals surface area contributed by atoms with Gasteiger partial charge >= 0.3 is 0 Å². The second kappa shape index (κ2) is 12.0. The van der Waals surface area contributed by atoms with Crippen molar-refractivity contribution in [3.8, 4) is 0 Å². The highest BCUT2D eigenvalue weighted by Gasteiger charge is 2.37. The van der Waals surface area contributed by atoms with Crippen molar-refractivity contribution in [1.29, 1.82) is 0 Å². The fourth-order valence-electron chi connectivity index (χ4n) is 6.01. The molecule has 6 nitrogen and oxygen atoms in total. The number of piperidine rings is 1. The van der Waals surface area contributed by atoms with E-state index in [1.54, 1.807) is 0 Å². The number of likely N-dealkylation sites (tertiary alicyclic amines) is 1. The Labute approximate surface area is 199 Å². The average Bonchev–Trinajstić information content (AvgIpc) is 3.38. The molecule has 6 heteroatoms. The zero-order valence-corrected chi connectivity index (χ0v) is 20.4. The van der Waals surface area contributed by atoms with Crippen molar-refractivity contribution in [2.24, 2.45) is 5.92 Å². The minimum Gasteiger partial charge on any atom is -0.355 e. The number of carbonyl (C=O) groups is 2. The highest BCUT2D eigenvalue weighted by atomic mass is 16.2. The maximum atomic E-state index is 13.3. The van der Waals surface area contributed by atoms with Crippen molar-refractivity contribution in [2.45, 2.75) is 70.4 Å². The molecule has 182 valence electrons. The molecular weight excluding hydrogens is 412 g/mol. The summed E-state index contributed by atoms with van der Waals surface area (Å²) in [4.78, 5) is 33.0. The highest BCUT2D eigenvalue weighted by Crippen LogP contribution is 2.31. The first-order chi connectivity index (χ1) is 16.1. The minimum atomic E-state index is -0.0459. The number of carbonyl (C=O) groups excluding carboxylic acids is 2. The van der Waals surface area contributed by atoms with E-state index in [1.807, 2.05) is 35.2 Å². The van der Waals surface area contributed by atoms with Crippen LogP contribution in [0, 0.1) is 5.92 Å². The lowest BCUT2D eigenvalue weighted by molar-refractivity contribution is -0.129. The standard InChI is InChI=1S/C27H42N4O2/c1-22-10-7-8-16-29(22)17-9-15-28-26(32)25(23-11-5-6-12-23)30-18-20-31(21-19-30)27(33)24-13-3-2-4-14-24/h2-4,13-14,22-23,25H,5-12,15-21H2,1H3,(H,28,32)/t22-,25+/m1/s1. The molecule has 2 amide bonds. The Morgan fingerprint density at radius 3 is 2.33 bits per heavy atom. The lowest BCUT2D eigenvalue weighted by Crippen LogP contribution is -2.58. The molecule has 3 fully saturated rings. The van der Waals surface area contributed by atoms with Crippen LogP contribution in [0.4, 0.5) is 0 Å². The summed E-state index contributed by atoms with van der Waals surface area (Å²) in [5, 5.41) is 3.28. The molecule has 0 aromatic heterocycles. The van der Waals surface area contributed by atoms with Crippen LogP contribution in [0.2, 0.25) is 0 Å². The van der Waals surface area contributed by atoms with Crippen LogP contribution in [0.1, 0.15) is 68.6 Å². The predicted octanol–water partition coefficient (Wildman–Crippen LogP) is 3.38. The summed E-state index contributed by atoms with van der Waals surface area (Å²) in [5.41, 5.74) is 0.749. The molecule has 1 N–H and O–H groups in total. The van der Waals surface area contributed by atoms with Gasteiger partial charge in [0.2, 0.25) is 5.91 Å². The Hall–Kier alpha value is -1.92. The third-order valence-corrected chi connectivity index (χ3v) is 7.99. The predicted molar refractivity (Wildman–Crippen MR) is 132 cm³/mol. The Balaban J connectivity index is 1.28. The van der Waals surface area contributed by atoms with E-state index in [-0.39, 0.29) is 17.9 Å². The van der Waals surface area contributed by atoms with Gasteiger partial charge in [-0.25, -0.2) is 0 Å². The Morgan fingerprint density at radius 2 is 1.64 bits per heavy atom. The fourth-order valence-corrected chi connectivity index (χ4v) is 6.01. The molecule has 1 aromatic carbocycles. The van der Waals surface area contributed by atoms with E-state index < -0.39 is 0 Å². The van der Waals surface area contributed by atoms with Crippen LogP contribution in [0.5, 0.6) is 0 Å². The van der Waals surface area contributed by atoms with E-state index in [1.165, 1.54) is 38.6 Å². The number of amides is 2. The lowest BCUT2D eigenvalue weighted by atomic mass is 9.95. The highest BCUT2D eigenvalue weighted by molar-refractivity contribution is 5.94. The van der Waals surface area contributed by atoms with Crippen molar-refractivity contribution in [2.75, 3.05) is 45.8 Å². The van der Waals surface area contributed by atoms with Crippen LogP contribution in [0.15, 0.2) is 30.3 Å². The normalized spacial score (nSPS) is 24.0. The van der Waals surface area contributed by atoms with Gasteiger partial charge in [-0.15, -0.1) is 0 Å². The number of benzene rings is 1. The number of hydrogen-bond acceptors (Lipinski definition) is 4. The number of nitrogens with one attached hydrogen (secondary N) is 1. The molecule has 2 saturated heterocycles. The van der Waals surface area contributed by atoms with E-state index in [0.717, 1.165) is 51.0 Å². The first kappa shape index (κ1) is 24.2. The zero-order chi connectivity index (χ0) is 23.0. The van der Waals surface area contributed by atoms with Crippen LogP contribution in [0.25, 0.3) is 0 Å². The lowest BCUT2D eigenvalue weighted by Gasteiger charge is -2.41. The topological polar surface area (TPSA) is 55.9 Å². The van der Waals surface area contributed by atoms with Crippen molar-refractivity contribution < 1.29 is 9.59 Å². The molecule has 2 aliphatic heterocycles. The smallest absolute Gasteiger partial charge is 0.253 e. The van der Waals surface area contributed by atoms with E-state index >= 15 is 0 Å². The monoisotopic (exact) mass is 454 g/mol. The van der Waals surface area contributed by atoms with Gasteiger partial charge in [0.25, 0.3) is 5.91 Å². The largest absolute Gasteiger partial charge is 0.355 e. The van der Waals surface area contributed by atoms with E-state index in [2.05, 4.69) is 22.0 Å². The summed E-state index contributed by atoms with van der Waals surface area (Å²) in [6, 6.07) is 10.2. The van der Waals surface area contributed by atoms with Crippen LogP contribution in [-0.4, -0.2) is 84.4 Å². The molecule has 1 aliphatic carbocycles. The van der Waals surface area contributed by atoms with Gasteiger partial charge in [0, 0.05) is 50.9 Å². The van der Waals surface area contributed by atoms with Crippen LogP contribution in [0.3, 0.4) is 0 Å². The molecule has 2 heterocycles. The summed E-state index contributed by atoms with van der Waals surface area (Å²) in [6.45, 7) is 8.31. The molecule has 2 atom stereocenters. The first-order valence-electron chi connectivity index (χ1n) is 13.2. The van der Waals surface area contributed by atoms with Gasteiger partial charge in [-0.05, 0) is 63.6 Å². The van der Waals surface area contributed by atoms with Gasteiger partial charge in [-0.3, -0.25) is 14.5 Å². The minimum absolute atomic E-state index is 0.0459. The van der Waals surface area contributed by atoms with Crippen LogP contribution >= 0.6 is 0 Å². The number of hydrogen-bond donors (Lipinski definition) is 1. The average molecular weight is 455 g/mol. The summed E-state index contributed by atoms with van der Waals surface area (Å²) >= 11 is 0. The first-order valence-corrected chi connectivity index (χ1v) is 13.2. The zero-order valence-electron chi connectivity index (χ0n) is 20.4. The molecule has 3 aliphatic rings. The Kier molecular flexibility index (Phi) is 8.79. The second-order valence-electron chi connectivity index (χ2n) is 10.2. The van der Waals surface area contributed by atoms with Crippen molar-refractivity contribution in [3.05, 3.63) is 35.9 Å². The van der Waals surface area contributed by atoms with E-state index in [9.17, 15) is 9.59 Å². The van der Waals surface area contributed by atoms with Gasteiger partial charge in [0.1, 0.15) is 0 Å². The van der Waals surface area contributed by atoms with Gasteiger partial charge in [-0.2, -0.15) is 0 Å². The number of piperazine rings is 1. The summed E-state index contributed by atoms with van der Waals surface area (Å²) < 4.78 is 0. The summed E-state index contributed by atoms with van der Waals surface area (Å²) in [7, 11) is 0. The van der Waals surface area contributed by atoms with E-state index in [0.29, 0.717) is 25.0 Å². The quantitative estimate of drug-likeness (QED) is 0.612. The van der Waals surface area contributed by atoms with Gasteiger partial charge in [-0.1, -0.05) is 37.5 Å². The third kappa shape index (κ3) is 6.36.